The van der Waals surface area contributed by atoms with Crippen molar-refractivity contribution in [2.45, 2.75) is 26.0 Å². The zero-order valence-corrected chi connectivity index (χ0v) is 19.7. The number of rotatable bonds is 7. The molecule has 1 atom stereocenters. The van der Waals surface area contributed by atoms with E-state index in [0.717, 1.165) is 51.0 Å². The zero-order valence-electron chi connectivity index (χ0n) is 18.9. The van der Waals surface area contributed by atoms with Crippen LogP contribution in [0.25, 0.3) is 56.0 Å². The summed E-state index contributed by atoms with van der Waals surface area (Å²) in [6.45, 7) is 2.03. The molecule has 174 valence electrons. The van der Waals surface area contributed by atoms with Gasteiger partial charge in [0.15, 0.2) is 17.1 Å². The van der Waals surface area contributed by atoms with E-state index in [0.29, 0.717) is 23.5 Å². The van der Waals surface area contributed by atoms with E-state index in [1.807, 2.05) is 25.1 Å². The highest BCUT2D eigenvalue weighted by molar-refractivity contribution is 7.08. The molecule has 6 heterocycles. The van der Waals surface area contributed by atoms with Crippen molar-refractivity contribution in [1.82, 2.24) is 35.1 Å². The Bertz CT molecular complexity index is 1620. The lowest BCUT2D eigenvalue weighted by atomic mass is 10.1. The molecule has 0 fully saturated rings. The van der Waals surface area contributed by atoms with Crippen molar-refractivity contribution in [3.8, 4) is 33.8 Å². The maximum absolute atomic E-state index is 10.1. The number of aliphatic hydroxyl groups excluding tert-OH is 1. The van der Waals surface area contributed by atoms with Crippen LogP contribution in [-0.2, 0) is 0 Å². The van der Waals surface area contributed by atoms with E-state index >= 15 is 0 Å². The minimum atomic E-state index is -0.612. The molecule has 0 spiro atoms. The summed E-state index contributed by atoms with van der Waals surface area (Å²) < 4.78 is 0. The van der Waals surface area contributed by atoms with Gasteiger partial charge in [0.2, 0.25) is 0 Å². The second-order valence-corrected chi connectivity index (χ2v) is 9.04. The number of imidazole rings is 1. The Hall–Kier alpha value is -4.15. The topological polar surface area (TPSA) is 128 Å². The number of anilines is 1. The smallest absolute Gasteiger partial charge is 0.181 e. The van der Waals surface area contributed by atoms with Gasteiger partial charge in [-0.1, -0.05) is 13.3 Å². The van der Waals surface area contributed by atoms with Crippen LogP contribution in [-0.4, -0.2) is 46.5 Å². The highest BCUT2D eigenvalue weighted by atomic mass is 32.1. The first-order valence-electron chi connectivity index (χ1n) is 11.3. The van der Waals surface area contributed by atoms with E-state index in [4.69, 9.17) is 4.98 Å². The highest BCUT2D eigenvalue weighted by Gasteiger charge is 2.17. The number of aliphatic hydroxyl groups is 1. The number of H-pyrrole nitrogens is 2. The summed E-state index contributed by atoms with van der Waals surface area (Å²) in [5.74, 6) is 0.646. The lowest BCUT2D eigenvalue weighted by molar-refractivity contribution is 0.192. The first-order valence-corrected chi connectivity index (χ1v) is 12.3. The molecule has 0 aliphatic heterocycles. The molecule has 0 aromatic carbocycles. The number of nitrogens with one attached hydrogen (secondary N) is 3. The number of nitrogens with zero attached hydrogens (tertiary/aromatic N) is 5. The molecule has 6 aromatic heterocycles. The summed E-state index contributed by atoms with van der Waals surface area (Å²) in [7, 11) is 0. The lowest BCUT2D eigenvalue weighted by Gasteiger charge is -2.13. The molecule has 4 N–H and O–H groups in total. The molecule has 0 saturated heterocycles. The normalized spacial score (nSPS) is 12.4. The SMILES string of the molecule is CCCC(O)Nc1cncc(-c2cnc3n[nH]c(-c4nc5nccc(-c6ccsc6)c5[nH]4)c3c2)c1. The fourth-order valence-electron chi connectivity index (χ4n) is 4.14. The fraction of sp³-hybridized carbons (Fsp3) is 0.160. The van der Waals surface area contributed by atoms with Crippen LogP contribution in [0, 0.1) is 0 Å². The van der Waals surface area contributed by atoms with Crippen molar-refractivity contribution in [3.05, 3.63) is 59.8 Å². The van der Waals surface area contributed by atoms with Crippen molar-refractivity contribution in [3.63, 3.8) is 0 Å². The molecule has 0 radical (unpaired) electrons. The first-order chi connectivity index (χ1) is 17.2. The Kier molecular flexibility index (Phi) is 5.44. The molecular formula is C25H22N8OS. The standard InChI is InChI=1S/C25H22N8OS/c1-2-3-20(34)29-17-8-15(10-26-12-17)16-9-19-22(32-33-23(19)28-11-16)25-30-21-18(14-5-7-35-13-14)4-6-27-24(21)31-25/h4-13,20,29,34H,2-3H2,1H3,(H,27,30,31)(H,28,32,33). The summed E-state index contributed by atoms with van der Waals surface area (Å²) in [5, 5.41) is 25.6. The average Bonchev–Trinajstić information content (AvgIpc) is 3.63. The third-order valence-corrected chi connectivity index (χ3v) is 6.52. The fourth-order valence-corrected chi connectivity index (χ4v) is 4.80. The predicted octanol–water partition coefficient (Wildman–Crippen LogP) is 5.22. The van der Waals surface area contributed by atoms with E-state index in [1.165, 1.54) is 0 Å². The number of aromatic amines is 2. The Balaban J connectivity index is 1.40. The molecular weight excluding hydrogens is 460 g/mol. The molecule has 0 bridgehead atoms. The van der Waals surface area contributed by atoms with Gasteiger partial charge in [-0.25, -0.2) is 15.0 Å². The number of fused-ring (bicyclic) bond motifs is 2. The van der Waals surface area contributed by atoms with Crippen LogP contribution in [0.1, 0.15) is 19.8 Å². The zero-order chi connectivity index (χ0) is 23.8. The summed E-state index contributed by atoms with van der Waals surface area (Å²) >= 11 is 1.65. The number of aromatic nitrogens is 7. The predicted molar refractivity (Wildman–Crippen MR) is 138 cm³/mol. The Labute approximate surface area is 204 Å². The summed E-state index contributed by atoms with van der Waals surface area (Å²) in [6, 6.07) is 8.04. The molecule has 0 aliphatic rings. The lowest BCUT2D eigenvalue weighted by Crippen LogP contribution is -2.18. The van der Waals surface area contributed by atoms with E-state index in [-0.39, 0.29) is 0 Å². The second kappa shape index (κ2) is 8.90. The van der Waals surface area contributed by atoms with E-state index in [2.05, 4.69) is 52.3 Å². The van der Waals surface area contributed by atoms with Gasteiger partial charge in [-0.3, -0.25) is 10.1 Å². The Morgan fingerprint density at radius 3 is 2.83 bits per heavy atom. The van der Waals surface area contributed by atoms with Crippen LogP contribution < -0.4 is 5.32 Å². The van der Waals surface area contributed by atoms with Crippen LogP contribution in [0.5, 0.6) is 0 Å². The van der Waals surface area contributed by atoms with Gasteiger partial charge in [0.1, 0.15) is 11.9 Å². The van der Waals surface area contributed by atoms with Crippen molar-refractivity contribution in [1.29, 1.82) is 0 Å². The third kappa shape index (κ3) is 4.02. The van der Waals surface area contributed by atoms with Crippen LogP contribution >= 0.6 is 11.3 Å². The average molecular weight is 483 g/mol. The van der Waals surface area contributed by atoms with Gasteiger partial charge in [-0.2, -0.15) is 16.4 Å². The molecule has 1 unspecified atom stereocenters. The number of pyridine rings is 3. The van der Waals surface area contributed by atoms with Gasteiger partial charge in [-0.15, -0.1) is 0 Å². The van der Waals surface area contributed by atoms with E-state index in [9.17, 15) is 5.11 Å². The van der Waals surface area contributed by atoms with Crippen LogP contribution in [0.15, 0.2) is 59.8 Å². The quantitative estimate of drug-likeness (QED) is 0.230. The maximum atomic E-state index is 10.1. The molecule has 0 aliphatic carbocycles. The van der Waals surface area contributed by atoms with Gasteiger partial charge in [0.05, 0.1) is 22.8 Å². The van der Waals surface area contributed by atoms with Gasteiger partial charge in [-0.05, 0) is 47.0 Å². The van der Waals surface area contributed by atoms with Gasteiger partial charge < -0.3 is 15.4 Å². The number of hydrogen-bond donors (Lipinski definition) is 4. The first kappa shape index (κ1) is 21.4. The second-order valence-electron chi connectivity index (χ2n) is 8.26. The van der Waals surface area contributed by atoms with Crippen molar-refractivity contribution in [2.24, 2.45) is 0 Å². The maximum Gasteiger partial charge on any atom is 0.181 e. The molecule has 0 amide bonds. The highest BCUT2D eigenvalue weighted by Crippen LogP contribution is 2.32. The van der Waals surface area contributed by atoms with Crippen molar-refractivity contribution >= 4 is 39.2 Å². The number of thiophene rings is 1. The Morgan fingerprint density at radius 2 is 1.97 bits per heavy atom. The summed E-state index contributed by atoms with van der Waals surface area (Å²) in [6.07, 6.45) is 7.95. The van der Waals surface area contributed by atoms with Crippen molar-refractivity contribution in [2.75, 3.05) is 5.32 Å². The monoisotopic (exact) mass is 482 g/mol. The molecule has 9 nitrogen and oxygen atoms in total. The van der Waals surface area contributed by atoms with Crippen molar-refractivity contribution < 1.29 is 5.11 Å². The molecule has 10 heteroatoms. The van der Waals surface area contributed by atoms with Gasteiger partial charge in [0.25, 0.3) is 0 Å². The Morgan fingerprint density at radius 1 is 1.06 bits per heavy atom. The molecule has 6 aromatic rings. The van der Waals surface area contributed by atoms with Crippen LogP contribution in [0.3, 0.4) is 0 Å². The van der Waals surface area contributed by atoms with Gasteiger partial charge >= 0.3 is 0 Å². The van der Waals surface area contributed by atoms with E-state index < -0.39 is 6.23 Å². The molecule has 35 heavy (non-hydrogen) atoms. The molecule has 0 saturated carbocycles. The van der Waals surface area contributed by atoms with Crippen LogP contribution in [0.4, 0.5) is 5.69 Å². The summed E-state index contributed by atoms with van der Waals surface area (Å²) in [4.78, 5) is 21.5. The third-order valence-electron chi connectivity index (χ3n) is 5.84. The van der Waals surface area contributed by atoms with Crippen LogP contribution in [0.2, 0.25) is 0 Å². The van der Waals surface area contributed by atoms with Gasteiger partial charge in [0, 0.05) is 35.3 Å². The minimum Gasteiger partial charge on any atom is -0.374 e. The largest absolute Gasteiger partial charge is 0.374 e. The summed E-state index contributed by atoms with van der Waals surface area (Å²) in [5.41, 5.74) is 7.55. The van der Waals surface area contributed by atoms with E-state index in [1.54, 1.807) is 36.1 Å². The minimum absolute atomic E-state index is 0.593. The number of hydrogen-bond acceptors (Lipinski definition) is 8. The molecule has 6 rings (SSSR count).